The number of aromatic nitrogens is 1. The van der Waals surface area contributed by atoms with Gasteiger partial charge in [0, 0.05) is 12.7 Å². The first-order valence-electron chi connectivity index (χ1n) is 5.76. The van der Waals surface area contributed by atoms with Crippen LogP contribution in [0.3, 0.4) is 0 Å². The molecule has 0 spiro atoms. The highest BCUT2D eigenvalue weighted by atomic mass is 32.2. The van der Waals surface area contributed by atoms with Gasteiger partial charge < -0.3 is 5.73 Å². The topological polar surface area (TPSA) is 85.1 Å². The molecule has 100 valence electrons. The summed E-state index contributed by atoms with van der Waals surface area (Å²) in [5, 5.41) is 0. The molecule has 1 aromatic carbocycles. The average Bonchev–Trinajstić information content (AvgIpc) is 2.41. The van der Waals surface area contributed by atoms with E-state index < -0.39 is 10.0 Å². The monoisotopic (exact) mass is 277 g/mol. The smallest absolute Gasteiger partial charge is 0.263 e. The van der Waals surface area contributed by atoms with E-state index in [4.69, 9.17) is 5.73 Å². The van der Waals surface area contributed by atoms with Gasteiger partial charge in [0.1, 0.15) is 5.82 Å². The van der Waals surface area contributed by atoms with Gasteiger partial charge in [0.05, 0.1) is 4.90 Å². The van der Waals surface area contributed by atoms with Crippen LogP contribution in [0.4, 0.5) is 5.82 Å². The number of rotatable bonds is 4. The third kappa shape index (κ3) is 3.10. The van der Waals surface area contributed by atoms with Crippen LogP contribution in [0.2, 0.25) is 0 Å². The molecule has 1 aromatic heterocycles. The van der Waals surface area contributed by atoms with Gasteiger partial charge in [0.15, 0.2) is 0 Å². The number of nitrogens with one attached hydrogen (secondary N) is 1. The summed E-state index contributed by atoms with van der Waals surface area (Å²) >= 11 is 0. The predicted molar refractivity (Wildman–Crippen MR) is 74.1 cm³/mol. The van der Waals surface area contributed by atoms with E-state index in [2.05, 4.69) is 9.71 Å². The minimum Gasteiger partial charge on any atom is -0.326 e. The molecule has 0 aliphatic carbocycles. The highest BCUT2D eigenvalue weighted by Crippen LogP contribution is 2.17. The zero-order valence-corrected chi connectivity index (χ0v) is 11.3. The van der Waals surface area contributed by atoms with Crippen molar-refractivity contribution in [1.82, 2.24) is 4.98 Å². The Morgan fingerprint density at radius 1 is 1.26 bits per heavy atom. The van der Waals surface area contributed by atoms with Gasteiger partial charge in [0.25, 0.3) is 10.0 Å². The van der Waals surface area contributed by atoms with Crippen LogP contribution in [-0.4, -0.2) is 13.4 Å². The molecular weight excluding hydrogens is 262 g/mol. The van der Waals surface area contributed by atoms with Crippen molar-refractivity contribution in [3.8, 4) is 0 Å². The summed E-state index contributed by atoms with van der Waals surface area (Å²) in [4.78, 5) is 4.20. The van der Waals surface area contributed by atoms with Crippen molar-refractivity contribution in [2.24, 2.45) is 5.73 Å². The van der Waals surface area contributed by atoms with Crippen LogP contribution in [0.1, 0.15) is 11.1 Å². The van der Waals surface area contributed by atoms with Gasteiger partial charge in [-0.3, -0.25) is 4.72 Å². The summed E-state index contributed by atoms with van der Waals surface area (Å²) in [5.74, 6) is 0.334. The zero-order chi connectivity index (χ0) is 13.9. The van der Waals surface area contributed by atoms with Crippen LogP contribution in [0.5, 0.6) is 0 Å². The van der Waals surface area contributed by atoms with E-state index in [0.29, 0.717) is 12.4 Å². The van der Waals surface area contributed by atoms with Crippen molar-refractivity contribution in [1.29, 1.82) is 0 Å². The van der Waals surface area contributed by atoms with Crippen LogP contribution >= 0.6 is 0 Å². The molecule has 6 heteroatoms. The van der Waals surface area contributed by atoms with Crippen LogP contribution in [0.25, 0.3) is 0 Å². The lowest BCUT2D eigenvalue weighted by atomic mass is 10.2. The maximum absolute atomic E-state index is 12.2. The van der Waals surface area contributed by atoms with E-state index in [1.54, 1.807) is 43.5 Å². The van der Waals surface area contributed by atoms with E-state index in [0.717, 1.165) is 11.1 Å². The maximum Gasteiger partial charge on any atom is 0.263 e. The van der Waals surface area contributed by atoms with Gasteiger partial charge >= 0.3 is 0 Å². The molecule has 0 amide bonds. The standard InChI is InChI=1S/C13H15N3O2S/c1-10-4-3-7-15-13(10)16-19(17,18)12-6-2-5-11(8-12)9-14/h2-8H,9,14H2,1H3,(H,15,16). The van der Waals surface area contributed by atoms with Crippen LogP contribution in [0, 0.1) is 6.92 Å². The first-order chi connectivity index (χ1) is 9.03. The van der Waals surface area contributed by atoms with E-state index in [-0.39, 0.29) is 4.90 Å². The van der Waals surface area contributed by atoms with Gasteiger partial charge in [-0.05, 0) is 36.2 Å². The number of hydrogen-bond acceptors (Lipinski definition) is 4. The Hall–Kier alpha value is -1.92. The number of benzene rings is 1. The second-order valence-corrected chi connectivity index (χ2v) is 5.81. The molecule has 0 saturated carbocycles. The van der Waals surface area contributed by atoms with Crippen LogP contribution in [0.15, 0.2) is 47.5 Å². The summed E-state index contributed by atoms with van der Waals surface area (Å²) in [7, 11) is -3.64. The number of pyridine rings is 1. The lowest BCUT2D eigenvalue weighted by molar-refractivity contribution is 0.601. The minimum atomic E-state index is -3.64. The third-order valence-corrected chi connectivity index (χ3v) is 4.02. The summed E-state index contributed by atoms with van der Waals surface area (Å²) in [5.41, 5.74) is 7.04. The molecular formula is C13H15N3O2S. The molecule has 0 aliphatic heterocycles. The maximum atomic E-state index is 12.2. The van der Waals surface area contributed by atoms with Gasteiger partial charge in [-0.15, -0.1) is 0 Å². The van der Waals surface area contributed by atoms with E-state index >= 15 is 0 Å². The Morgan fingerprint density at radius 3 is 2.74 bits per heavy atom. The van der Waals surface area contributed by atoms with Gasteiger partial charge in [0.2, 0.25) is 0 Å². The average molecular weight is 277 g/mol. The zero-order valence-electron chi connectivity index (χ0n) is 10.5. The highest BCUT2D eigenvalue weighted by molar-refractivity contribution is 7.92. The van der Waals surface area contributed by atoms with Crippen LogP contribution in [-0.2, 0) is 16.6 Å². The number of aryl methyl sites for hydroxylation is 1. The first kappa shape index (κ1) is 13.5. The largest absolute Gasteiger partial charge is 0.326 e. The number of anilines is 1. The second kappa shape index (κ2) is 5.38. The van der Waals surface area contributed by atoms with Gasteiger partial charge in [-0.2, -0.15) is 0 Å². The predicted octanol–water partition coefficient (Wildman–Crippen LogP) is 1.65. The quantitative estimate of drug-likeness (QED) is 0.889. The van der Waals surface area contributed by atoms with Crippen molar-refractivity contribution in [3.05, 3.63) is 53.7 Å². The molecule has 0 radical (unpaired) electrons. The molecule has 0 fully saturated rings. The third-order valence-electron chi connectivity index (χ3n) is 2.68. The van der Waals surface area contributed by atoms with Gasteiger partial charge in [-0.1, -0.05) is 18.2 Å². The summed E-state index contributed by atoms with van der Waals surface area (Å²) in [6.07, 6.45) is 1.54. The summed E-state index contributed by atoms with van der Waals surface area (Å²) in [6.45, 7) is 2.09. The van der Waals surface area contributed by atoms with Crippen molar-refractivity contribution in [2.75, 3.05) is 4.72 Å². The fraction of sp³-hybridized carbons (Fsp3) is 0.154. The number of nitrogens with zero attached hydrogens (tertiary/aromatic N) is 1. The summed E-state index contributed by atoms with van der Waals surface area (Å²) < 4.78 is 26.9. The molecule has 1 heterocycles. The Bertz CT molecular complexity index is 684. The number of nitrogens with two attached hydrogens (primary N) is 1. The number of sulfonamides is 1. The SMILES string of the molecule is Cc1cccnc1NS(=O)(=O)c1cccc(CN)c1. The molecule has 0 atom stereocenters. The van der Waals surface area contributed by atoms with Gasteiger partial charge in [-0.25, -0.2) is 13.4 Å². The molecule has 3 N–H and O–H groups in total. The highest BCUT2D eigenvalue weighted by Gasteiger charge is 2.15. The molecule has 0 bridgehead atoms. The molecule has 5 nitrogen and oxygen atoms in total. The summed E-state index contributed by atoms with van der Waals surface area (Å²) in [6, 6.07) is 10.1. The normalized spacial score (nSPS) is 11.3. The van der Waals surface area contributed by atoms with E-state index in [1.165, 1.54) is 6.07 Å². The van der Waals surface area contributed by atoms with E-state index in [9.17, 15) is 8.42 Å². The fourth-order valence-corrected chi connectivity index (χ4v) is 2.77. The Morgan fingerprint density at radius 2 is 2.05 bits per heavy atom. The Kier molecular flexibility index (Phi) is 3.82. The molecule has 0 aliphatic rings. The molecule has 0 unspecified atom stereocenters. The van der Waals surface area contributed by atoms with E-state index in [1.807, 2.05) is 0 Å². The number of hydrogen-bond donors (Lipinski definition) is 2. The minimum absolute atomic E-state index is 0.181. The van der Waals surface area contributed by atoms with Crippen molar-refractivity contribution < 1.29 is 8.42 Å². The van der Waals surface area contributed by atoms with Crippen molar-refractivity contribution in [3.63, 3.8) is 0 Å². The lowest BCUT2D eigenvalue weighted by Gasteiger charge is -2.10. The molecule has 19 heavy (non-hydrogen) atoms. The van der Waals surface area contributed by atoms with Crippen molar-refractivity contribution >= 4 is 15.8 Å². The molecule has 0 saturated heterocycles. The molecule has 2 rings (SSSR count). The first-order valence-corrected chi connectivity index (χ1v) is 7.25. The fourth-order valence-electron chi connectivity index (χ4n) is 1.62. The van der Waals surface area contributed by atoms with Crippen molar-refractivity contribution in [2.45, 2.75) is 18.4 Å². The lowest BCUT2D eigenvalue weighted by Crippen LogP contribution is -2.15. The molecule has 2 aromatic rings. The second-order valence-electron chi connectivity index (χ2n) is 4.13. The Labute approximate surface area is 112 Å². The van der Waals surface area contributed by atoms with Crippen LogP contribution < -0.4 is 10.5 Å². The Balaban J connectivity index is 2.35.